The number of amides is 2. The second-order valence-electron chi connectivity index (χ2n) is 7.83. The fourth-order valence-corrected chi connectivity index (χ4v) is 3.66. The minimum Gasteiger partial charge on any atom is -0.332 e. The highest BCUT2D eigenvalue weighted by molar-refractivity contribution is 6.06. The zero-order valence-corrected chi connectivity index (χ0v) is 17.9. The number of rotatable bonds is 4. The van der Waals surface area contributed by atoms with Crippen molar-refractivity contribution in [1.82, 2.24) is 15.1 Å². The van der Waals surface area contributed by atoms with Crippen molar-refractivity contribution in [3.63, 3.8) is 0 Å². The Bertz CT molecular complexity index is 1350. The molecule has 2 amide bonds. The van der Waals surface area contributed by atoms with E-state index in [1.165, 1.54) is 54.9 Å². The van der Waals surface area contributed by atoms with Crippen LogP contribution in [0.1, 0.15) is 29.0 Å². The summed E-state index contributed by atoms with van der Waals surface area (Å²) in [6.45, 7) is 3.31. The highest BCUT2D eigenvalue weighted by atomic mass is 19.1. The molecule has 0 unspecified atom stereocenters. The van der Waals surface area contributed by atoms with Crippen LogP contribution >= 0.6 is 0 Å². The molecule has 7 nitrogen and oxygen atoms in total. The quantitative estimate of drug-likeness (QED) is 0.638. The molecule has 1 atom stereocenters. The van der Waals surface area contributed by atoms with E-state index in [1.54, 1.807) is 13.8 Å². The Morgan fingerprint density at radius 1 is 1.12 bits per heavy atom. The van der Waals surface area contributed by atoms with Crippen molar-refractivity contribution in [2.45, 2.75) is 26.2 Å². The maximum atomic E-state index is 14.6. The average molecular weight is 450 g/mol. The summed E-state index contributed by atoms with van der Waals surface area (Å²) in [6, 6.07) is 9.44. The maximum absolute atomic E-state index is 14.6. The molecule has 1 aliphatic rings. The third kappa shape index (κ3) is 4.57. The van der Waals surface area contributed by atoms with Crippen molar-refractivity contribution in [2.75, 3.05) is 5.32 Å². The summed E-state index contributed by atoms with van der Waals surface area (Å²) in [5.41, 5.74) is 1.60. The Morgan fingerprint density at radius 3 is 2.55 bits per heavy atom. The number of hydrogen-bond donors (Lipinski definition) is 2. The molecule has 2 aromatic carbocycles. The Labute approximate surface area is 187 Å². The summed E-state index contributed by atoms with van der Waals surface area (Å²) in [5.74, 6) is -2.47. The first-order chi connectivity index (χ1) is 15.7. The molecule has 1 aliphatic heterocycles. The van der Waals surface area contributed by atoms with Gasteiger partial charge in [0.25, 0.3) is 11.5 Å². The highest BCUT2D eigenvalue weighted by Gasteiger charge is 2.29. The van der Waals surface area contributed by atoms with E-state index in [1.807, 2.05) is 0 Å². The smallest absolute Gasteiger partial charge is 0.271 e. The molecule has 4 rings (SSSR count). The molecule has 2 N–H and O–H groups in total. The van der Waals surface area contributed by atoms with Crippen molar-refractivity contribution in [1.29, 1.82) is 0 Å². The van der Waals surface area contributed by atoms with Crippen LogP contribution in [0.5, 0.6) is 0 Å². The summed E-state index contributed by atoms with van der Waals surface area (Å²) in [7, 11) is 0. The normalized spacial score (nSPS) is 15.6. The van der Waals surface area contributed by atoms with Crippen molar-refractivity contribution in [2.24, 2.45) is 0 Å². The van der Waals surface area contributed by atoms with Gasteiger partial charge in [0, 0.05) is 35.9 Å². The van der Waals surface area contributed by atoms with Gasteiger partial charge in [0.05, 0.1) is 6.20 Å². The molecule has 0 aliphatic carbocycles. The van der Waals surface area contributed by atoms with E-state index in [9.17, 15) is 23.2 Å². The van der Waals surface area contributed by atoms with Gasteiger partial charge in [-0.15, -0.1) is 0 Å². The van der Waals surface area contributed by atoms with Crippen molar-refractivity contribution in [3.8, 4) is 5.69 Å². The SMILES string of the molecule is Cc1cnn(-c2cc(NC(=O)C3=CNC(=O)C[C@H]3c3ccc(F)cc3)c(C)cc2F)c(=O)c1. The topological polar surface area (TPSA) is 93.1 Å². The van der Waals surface area contributed by atoms with Gasteiger partial charge in [-0.1, -0.05) is 12.1 Å². The Hall–Kier alpha value is -4.14. The van der Waals surface area contributed by atoms with Crippen LogP contribution in [0.2, 0.25) is 0 Å². The maximum Gasteiger partial charge on any atom is 0.271 e. The molecule has 33 heavy (non-hydrogen) atoms. The lowest BCUT2D eigenvalue weighted by Crippen LogP contribution is -2.32. The number of anilines is 1. The van der Waals surface area contributed by atoms with Crippen LogP contribution in [0, 0.1) is 25.5 Å². The van der Waals surface area contributed by atoms with E-state index < -0.39 is 29.0 Å². The fourth-order valence-electron chi connectivity index (χ4n) is 3.66. The Kier molecular flexibility index (Phi) is 5.87. The van der Waals surface area contributed by atoms with Crippen LogP contribution in [-0.4, -0.2) is 21.6 Å². The Morgan fingerprint density at radius 2 is 1.85 bits per heavy atom. The van der Waals surface area contributed by atoms with Crippen LogP contribution in [0.3, 0.4) is 0 Å². The molecule has 0 spiro atoms. The zero-order valence-electron chi connectivity index (χ0n) is 17.9. The lowest BCUT2D eigenvalue weighted by atomic mass is 9.86. The lowest BCUT2D eigenvalue weighted by molar-refractivity contribution is -0.121. The summed E-state index contributed by atoms with van der Waals surface area (Å²) >= 11 is 0. The first kappa shape index (κ1) is 22.1. The molecule has 9 heteroatoms. The number of aryl methyl sites for hydroxylation is 2. The van der Waals surface area contributed by atoms with E-state index in [4.69, 9.17) is 0 Å². The molecular weight excluding hydrogens is 430 g/mol. The van der Waals surface area contributed by atoms with E-state index in [2.05, 4.69) is 15.7 Å². The zero-order chi connectivity index (χ0) is 23.7. The Balaban J connectivity index is 1.68. The van der Waals surface area contributed by atoms with Gasteiger partial charge in [-0.25, -0.2) is 8.78 Å². The van der Waals surface area contributed by atoms with E-state index in [0.29, 0.717) is 16.7 Å². The van der Waals surface area contributed by atoms with Crippen molar-refractivity contribution >= 4 is 17.5 Å². The highest BCUT2D eigenvalue weighted by Crippen LogP contribution is 2.32. The number of nitrogens with zero attached hydrogens (tertiary/aromatic N) is 2. The second kappa shape index (κ2) is 8.78. The summed E-state index contributed by atoms with van der Waals surface area (Å²) in [4.78, 5) is 37.4. The van der Waals surface area contributed by atoms with Crippen LogP contribution in [0.15, 0.2) is 65.2 Å². The van der Waals surface area contributed by atoms with Crippen LogP contribution in [-0.2, 0) is 9.59 Å². The number of halogens is 2. The van der Waals surface area contributed by atoms with E-state index >= 15 is 0 Å². The molecule has 0 radical (unpaired) electrons. The van der Waals surface area contributed by atoms with Crippen LogP contribution in [0.25, 0.3) is 5.69 Å². The average Bonchev–Trinajstić information content (AvgIpc) is 2.76. The first-order valence-corrected chi connectivity index (χ1v) is 10.2. The number of carbonyl (C=O) groups excluding carboxylic acids is 2. The largest absolute Gasteiger partial charge is 0.332 e. The number of carbonyl (C=O) groups is 2. The molecule has 0 saturated heterocycles. The number of benzene rings is 2. The fraction of sp³-hybridized carbons (Fsp3) is 0.167. The van der Waals surface area contributed by atoms with Gasteiger partial charge in [0.1, 0.15) is 17.3 Å². The minimum absolute atomic E-state index is 0.0151. The van der Waals surface area contributed by atoms with Gasteiger partial charge in [0.2, 0.25) is 5.91 Å². The molecule has 3 aromatic rings. The third-order valence-corrected chi connectivity index (χ3v) is 5.40. The first-order valence-electron chi connectivity index (χ1n) is 10.2. The predicted molar refractivity (Wildman–Crippen MR) is 118 cm³/mol. The monoisotopic (exact) mass is 450 g/mol. The summed E-state index contributed by atoms with van der Waals surface area (Å²) < 4.78 is 28.9. The number of nitrogens with one attached hydrogen (secondary N) is 2. The molecule has 1 aromatic heterocycles. The second-order valence-corrected chi connectivity index (χ2v) is 7.83. The third-order valence-electron chi connectivity index (χ3n) is 5.40. The van der Waals surface area contributed by atoms with E-state index in [-0.39, 0.29) is 29.3 Å². The summed E-state index contributed by atoms with van der Waals surface area (Å²) in [5, 5.41) is 9.24. The van der Waals surface area contributed by atoms with Crippen molar-refractivity contribution in [3.05, 3.63) is 99.1 Å². The standard InChI is InChI=1S/C24H20F2N4O3/c1-13-7-23(32)30(28-11-13)21-10-20(14(2)8-19(21)26)29-24(33)18-12-27-22(31)9-17(18)15-3-5-16(25)6-4-15/h3-8,10-12,17H,9H2,1-2H3,(H,27,31)(H,29,33)/t17-/m0/s1. The van der Waals surface area contributed by atoms with Gasteiger partial charge in [-0.3, -0.25) is 14.4 Å². The molecule has 0 bridgehead atoms. The minimum atomic E-state index is -0.669. The number of aromatic nitrogens is 2. The van der Waals surface area contributed by atoms with E-state index in [0.717, 1.165) is 4.68 Å². The molecule has 0 fully saturated rings. The summed E-state index contributed by atoms with van der Waals surface area (Å²) in [6.07, 6.45) is 2.77. The van der Waals surface area contributed by atoms with Gasteiger partial charge in [0.15, 0.2) is 0 Å². The van der Waals surface area contributed by atoms with Gasteiger partial charge in [-0.2, -0.15) is 9.78 Å². The van der Waals surface area contributed by atoms with Gasteiger partial charge in [-0.05, 0) is 54.8 Å². The molecule has 168 valence electrons. The van der Waals surface area contributed by atoms with Crippen molar-refractivity contribution < 1.29 is 18.4 Å². The van der Waals surface area contributed by atoms with Gasteiger partial charge < -0.3 is 10.6 Å². The van der Waals surface area contributed by atoms with Crippen LogP contribution in [0.4, 0.5) is 14.5 Å². The number of hydrogen-bond acceptors (Lipinski definition) is 4. The molecule has 2 heterocycles. The van der Waals surface area contributed by atoms with Crippen LogP contribution < -0.4 is 16.2 Å². The molecular formula is C24H20F2N4O3. The molecule has 0 saturated carbocycles. The lowest BCUT2D eigenvalue weighted by Gasteiger charge is -2.24. The van der Waals surface area contributed by atoms with Gasteiger partial charge >= 0.3 is 0 Å². The predicted octanol–water partition coefficient (Wildman–Crippen LogP) is 3.25.